The van der Waals surface area contributed by atoms with Crippen LogP contribution in [0.15, 0.2) is 24.3 Å². The van der Waals surface area contributed by atoms with Crippen LogP contribution >= 0.6 is 0 Å². The second-order valence-corrected chi connectivity index (χ2v) is 10.2. The van der Waals surface area contributed by atoms with Crippen molar-refractivity contribution in [2.24, 2.45) is 0 Å². The van der Waals surface area contributed by atoms with E-state index in [1.165, 1.54) is 11.8 Å². The van der Waals surface area contributed by atoms with Gasteiger partial charge in [-0.2, -0.15) is 0 Å². The number of nitrogens with one attached hydrogen (secondary N) is 1. The highest BCUT2D eigenvalue weighted by molar-refractivity contribution is 7.88. The summed E-state index contributed by atoms with van der Waals surface area (Å²) in [5.41, 5.74) is 1.33. The molecule has 4 aliphatic rings. The number of rotatable bonds is 2. The maximum absolute atomic E-state index is 11.9. The number of ether oxygens (including phenoxy) is 2. The molecule has 0 amide bonds. The average Bonchev–Trinajstić information content (AvgIpc) is 2.69. The van der Waals surface area contributed by atoms with E-state index >= 15 is 0 Å². The number of fused-ring (bicyclic) bond motifs is 5. The van der Waals surface area contributed by atoms with Gasteiger partial charge in [-0.3, -0.25) is 4.90 Å². The predicted octanol–water partition coefficient (Wildman–Crippen LogP) is 2.50. The molecular formula is C21H32N2O4S. The number of benzene rings is 1. The summed E-state index contributed by atoms with van der Waals surface area (Å²) in [4.78, 5) is 2.35. The van der Waals surface area contributed by atoms with Gasteiger partial charge in [0.05, 0.1) is 19.0 Å². The highest BCUT2D eigenvalue weighted by Crippen LogP contribution is 2.38. The van der Waals surface area contributed by atoms with Crippen LogP contribution in [0.5, 0.6) is 5.75 Å². The summed E-state index contributed by atoms with van der Waals surface area (Å²) in [6.45, 7) is 2.92. The molecule has 2 bridgehead atoms. The van der Waals surface area contributed by atoms with Crippen LogP contribution in [0.2, 0.25) is 0 Å². The van der Waals surface area contributed by atoms with E-state index in [0.29, 0.717) is 19.1 Å². The largest absolute Gasteiger partial charge is 0.492 e. The lowest BCUT2D eigenvalue weighted by molar-refractivity contribution is -0.0284. The minimum Gasteiger partial charge on any atom is -0.492 e. The first-order chi connectivity index (χ1) is 13.5. The van der Waals surface area contributed by atoms with E-state index in [9.17, 15) is 8.42 Å². The molecule has 1 saturated carbocycles. The van der Waals surface area contributed by atoms with Gasteiger partial charge in [-0.1, -0.05) is 18.2 Å². The molecule has 1 unspecified atom stereocenters. The maximum Gasteiger partial charge on any atom is 0.209 e. The van der Waals surface area contributed by atoms with Crippen molar-refractivity contribution in [2.75, 3.05) is 32.6 Å². The second-order valence-electron chi connectivity index (χ2n) is 8.44. The quantitative estimate of drug-likeness (QED) is 0.814. The molecule has 0 spiro atoms. The van der Waals surface area contributed by atoms with Gasteiger partial charge in [0, 0.05) is 18.6 Å². The van der Waals surface area contributed by atoms with Gasteiger partial charge in [0.25, 0.3) is 0 Å². The van der Waals surface area contributed by atoms with E-state index < -0.39 is 10.0 Å². The minimum atomic E-state index is -3.25. The lowest BCUT2D eigenvalue weighted by Gasteiger charge is -2.41. The highest BCUT2D eigenvalue weighted by Gasteiger charge is 2.35. The van der Waals surface area contributed by atoms with Gasteiger partial charge in [0.2, 0.25) is 10.0 Å². The standard InChI is InChI=1S/C21H32N2O4S/c1-28(24,25)22-19-6-4-12-23-13-14-26-21-7-3-2-5-18(21)16-8-10-17(11-9-16)27-15-20(19)23/h2-3,5,7,16-17,19-20,22H,4,6,8-15H2,1H3/t16?,17?,19?,20-/m0/s1. The zero-order valence-corrected chi connectivity index (χ0v) is 17.5. The zero-order chi connectivity index (χ0) is 19.6. The van der Waals surface area contributed by atoms with Crippen molar-refractivity contribution < 1.29 is 17.9 Å². The lowest BCUT2D eigenvalue weighted by atomic mass is 9.82. The van der Waals surface area contributed by atoms with E-state index in [4.69, 9.17) is 9.47 Å². The Morgan fingerprint density at radius 2 is 1.86 bits per heavy atom. The van der Waals surface area contributed by atoms with Crippen molar-refractivity contribution in [3.8, 4) is 5.75 Å². The number of nitrogens with zero attached hydrogens (tertiary/aromatic N) is 1. The van der Waals surface area contributed by atoms with E-state index in [-0.39, 0.29) is 18.2 Å². The number of hydrogen-bond donors (Lipinski definition) is 1. The molecular weight excluding hydrogens is 376 g/mol. The summed E-state index contributed by atoms with van der Waals surface area (Å²) in [7, 11) is -3.25. The molecule has 2 fully saturated rings. The topological polar surface area (TPSA) is 67.9 Å². The van der Waals surface area contributed by atoms with E-state index in [0.717, 1.165) is 57.4 Å². The molecule has 0 radical (unpaired) electrons. The Morgan fingerprint density at radius 1 is 1.07 bits per heavy atom. The summed E-state index contributed by atoms with van der Waals surface area (Å²) in [5.74, 6) is 1.55. The Hall–Kier alpha value is -1.15. The normalized spacial score (nSPS) is 32.2. The molecule has 1 aliphatic carbocycles. The SMILES string of the molecule is CS(=O)(=O)NC1CCCN2CCOc3ccccc3C3CCC(CC3)OC[C@@H]12. The fourth-order valence-electron chi connectivity index (χ4n) is 5.04. The first kappa shape index (κ1) is 20.1. The Labute approximate surface area is 168 Å². The van der Waals surface area contributed by atoms with Crippen molar-refractivity contribution in [1.82, 2.24) is 9.62 Å². The van der Waals surface area contributed by atoms with Crippen LogP contribution < -0.4 is 9.46 Å². The molecule has 1 N–H and O–H groups in total. The van der Waals surface area contributed by atoms with Crippen LogP contribution in [0.1, 0.15) is 50.0 Å². The average molecular weight is 409 g/mol. The van der Waals surface area contributed by atoms with Gasteiger partial charge in [-0.05, 0) is 62.6 Å². The van der Waals surface area contributed by atoms with Gasteiger partial charge in [-0.25, -0.2) is 13.1 Å². The van der Waals surface area contributed by atoms with Crippen LogP contribution in [-0.2, 0) is 14.8 Å². The lowest BCUT2D eigenvalue weighted by Crippen LogP contribution is -2.58. The molecule has 7 heteroatoms. The fourth-order valence-corrected chi connectivity index (χ4v) is 5.86. The van der Waals surface area contributed by atoms with Crippen molar-refractivity contribution in [2.45, 2.75) is 62.6 Å². The van der Waals surface area contributed by atoms with Crippen LogP contribution in [0.4, 0.5) is 0 Å². The monoisotopic (exact) mass is 408 g/mol. The third-order valence-electron chi connectivity index (χ3n) is 6.43. The predicted molar refractivity (Wildman–Crippen MR) is 109 cm³/mol. The summed E-state index contributed by atoms with van der Waals surface area (Å²) in [6.07, 6.45) is 7.68. The van der Waals surface area contributed by atoms with Gasteiger partial charge in [-0.15, -0.1) is 0 Å². The van der Waals surface area contributed by atoms with Gasteiger partial charge in [0.15, 0.2) is 0 Å². The summed E-state index contributed by atoms with van der Waals surface area (Å²) >= 11 is 0. The number of hydrogen-bond acceptors (Lipinski definition) is 5. The van der Waals surface area contributed by atoms with E-state index in [2.05, 4.69) is 27.8 Å². The van der Waals surface area contributed by atoms with E-state index in [1.807, 2.05) is 6.07 Å². The van der Waals surface area contributed by atoms with Gasteiger partial charge < -0.3 is 9.47 Å². The van der Waals surface area contributed by atoms with Gasteiger partial charge >= 0.3 is 0 Å². The number of para-hydroxylation sites is 1. The Kier molecular flexibility index (Phi) is 6.25. The van der Waals surface area contributed by atoms with Crippen LogP contribution in [0.25, 0.3) is 0 Å². The molecule has 3 aliphatic heterocycles. The van der Waals surface area contributed by atoms with Crippen molar-refractivity contribution in [3.63, 3.8) is 0 Å². The minimum absolute atomic E-state index is 0.0563. The molecule has 3 heterocycles. The summed E-state index contributed by atoms with van der Waals surface area (Å²) in [5, 5.41) is 0. The first-order valence-corrected chi connectivity index (χ1v) is 12.4. The van der Waals surface area contributed by atoms with E-state index in [1.54, 1.807) is 0 Å². The zero-order valence-electron chi connectivity index (χ0n) is 16.7. The molecule has 1 saturated heterocycles. The summed E-state index contributed by atoms with van der Waals surface area (Å²) in [6, 6.07) is 8.39. The molecule has 2 atom stereocenters. The smallest absolute Gasteiger partial charge is 0.209 e. The Balaban J connectivity index is 1.55. The Morgan fingerprint density at radius 3 is 2.64 bits per heavy atom. The van der Waals surface area contributed by atoms with Crippen LogP contribution in [0, 0.1) is 0 Å². The second kappa shape index (κ2) is 8.69. The highest BCUT2D eigenvalue weighted by atomic mass is 32.2. The van der Waals surface area contributed by atoms with Crippen LogP contribution in [0.3, 0.4) is 0 Å². The molecule has 0 aromatic heterocycles. The molecule has 1 aromatic carbocycles. The fraction of sp³-hybridized carbons (Fsp3) is 0.714. The molecule has 28 heavy (non-hydrogen) atoms. The number of piperidine rings is 1. The Bertz CT molecular complexity index is 761. The van der Waals surface area contributed by atoms with Gasteiger partial charge in [0.1, 0.15) is 12.4 Å². The summed E-state index contributed by atoms with van der Waals surface area (Å²) < 4.78 is 39.1. The molecule has 6 nitrogen and oxygen atoms in total. The van der Waals surface area contributed by atoms with Crippen LogP contribution in [-0.4, -0.2) is 64.1 Å². The van der Waals surface area contributed by atoms with Crippen molar-refractivity contribution >= 4 is 10.0 Å². The molecule has 5 rings (SSSR count). The van der Waals surface area contributed by atoms with Crippen molar-refractivity contribution in [3.05, 3.63) is 29.8 Å². The molecule has 156 valence electrons. The third kappa shape index (κ3) is 4.87. The number of sulfonamides is 1. The molecule has 1 aromatic rings. The third-order valence-corrected chi connectivity index (χ3v) is 7.16. The van der Waals surface area contributed by atoms with Crippen molar-refractivity contribution in [1.29, 1.82) is 0 Å². The first-order valence-electron chi connectivity index (χ1n) is 10.5. The maximum atomic E-state index is 11.9.